The molecule has 0 bridgehead atoms. The molecule has 1 rings (SSSR count). The quantitative estimate of drug-likeness (QED) is 0.726. The van der Waals surface area contributed by atoms with Crippen LogP contribution in [0.15, 0.2) is 24.3 Å². The van der Waals surface area contributed by atoms with Crippen molar-refractivity contribution in [3.8, 4) is 5.75 Å². The highest BCUT2D eigenvalue weighted by atomic mass is 32.2. The molecule has 20 heavy (non-hydrogen) atoms. The van der Waals surface area contributed by atoms with Crippen LogP contribution < -0.4 is 4.74 Å². The van der Waals surface area contributed by atoms with Crippen LogP contribution in [0.3, 0.4) is 0 Å². The number of benzene rings is 1. The molecule has 0 heterocycles. The third-order valence-electron chi connectivity index (χ3n) is 3.50. The number of ether oxygens (including phenoxy) is 1. The molecule has 0 aliphatic carbocycles. The van der Waals surface area contributed by atoms with Crippen LogP contribution in [0.4, 0.5) is 0 Å². The van der Waals surface area contributed by atoms with Crippen molar-refractivity contribution in [2.45, 2.75) is 32.4 Å². The van der Waals surface area contributed by atoms with Gasteiger partial charge in [0.2, 0.25) is 0 Å². The lowest BCUT2D eigenvalue weighted by Crippen LogP contribution is -2.31. The Bertz CT molecular complexity index is 546. The van der Waals surface area contributed by atoms with Crippen LogP contribution in [-0.2, 0) is 9.84 Å². The van der Waals surface area contributed by atoms with Crippen LogP contribution in [0.25, 0.3) is 0 Å². The van der Waals surface area contributed by atoms with E-state index in [1.807, 2.05) is 13.8 Å². The standard InChI is InChI=1S/C15H22O4S/c1-5-11(2)10-20(17,18)12(3)15(16)13-6-8-14(19-4)9-7-13/h6-9,11-12H,5,10H2,1-4H3. The topological polar surface area (TPSA) is 60.4 Å². The van der Waals surface area contributed by atoms with E-state index in [4.69, 9.17) is 4.74 Å². The number of methoxy groups -OCH3 is 1. The number of ketones is 1. The Morgan fingerprint density at radius 1 is 1.20 bits per heavy atom. The second-order valence-corrected chi connectivity index (χ2v) is 7.44. The average molecular weight is 298 g/mol. The molecule has 2 unspecified atom stereocenters. The summed E-state index contributed by atoms with van der Waals surface area (Å²) in [7, 11) is -1.88. The molecular weight excluding hydrogens is 276 g/mol. The van der Waals surface area contributed by atoms with Crippen LogP contribution in [0, 0.1) is 5.92 Å². The van der Waals surface area contributed by atoms with E-state index in [-0.39, 0.29) is 17.5 Å². The largest absolute Gasteiger partial charge is 0.497 e. The summed E-state index contributed by atoms with van der Waals surface area (Å²) in [5.74, 6) is 0.380. The van der Waals surface area contributed by atoms with Gasteiger partial charge in [-0.1, -0.05) is 20.3 Å². The molecule has 1 aromatic rings. The van der Waals surface area contributed by atoms with Crippen molar-refractivity contribution < 1.29 is 17.9 Å². The Kier molecular flexibility index (Phi) is 5.74. The molecule has 1 aromatic carbocycles. The van der Waals surface area contributed by atoms with E-state index < -0.39 is 15.1 Å². The number of hydrogen-bond acceptors (Lipinski definition) is 4. The summed E-state index contributed by atoms with van der Waals surface area (Å²) < 4.78 is 29.4. The molecule has 0 fully saturated rings. The SMILES string of the molecule is CCC(C)CS(=O)(=O)C(C)C(=O)c1ccc(OC)cc1. The van der Waals surface area contributed by atoms with Crippen molar-refractivity contribution in [2.24, 2.45) is 5.92 Å². The van der Waals surface area contributed by atoms with Crippen LogP contribution >= 0.6 is 0 Å². The van der Waals surface area contributed by atoms with Crippen molar-refractivity contribution in [3.63, 3.8) is 0 Å². The zero-order valence-corrected chi connectivity index (χ0v) is 13.2. The number of carbonyl (C=O) groups excluding carboxylic acids is 1. The summed E-state index contributed by atoms with van der Waals surface area (Å²) in [6, 6.07) is 6.50. The first-order valence-electron chi connectivity index (χ1n) is 6.71. The van der Waals surface area contributed by atoms with Gasteiger partial charge in [-0.3, -0.25) is 4.79 Å². The summed E-state index contributed by atoms with van der Waals surface area (Å²) in [5, 5.41) is -1.01. The van der Waals surface area contributed by atoms with Crippen molar-refractivity contribution in [2.75, 3.05) is 12.9 Å². The fourth-order valence-electron chi connectivity index (χ4n) is 1.81. The zero-order valence-electron chi connectivity index (χ0n) is 12.4. The Labute approximate surface area is 121 Å². The average Bonchev–Trinajstić information content (AvgIpc) is 2.45. The molecule has 0 saturated heterocycles. The number of sulfone groups is 1. The maximum atomic E-state index is 12.2. The van der Waals surface area contributed by atoms with E-state index in [1.165, 1.54) is 14.0 Å². The summed E-state index contributed by atoms with van der Waals surface area (Å²) in [6.45, 7) is 5.28. The summed E-state index contributed by atoms with van der Waals surface area (Å²) in [6.07, 6.45) is 0.780. The third-order valence-corrected chi connectivity index (χ3v) is 5.82. The molecule has 5 heteroatoms. The molecule has 0 aliphatic heterocycles. The van der Waals surface area contributed by atoms with Gasteiger partial charge < -0.3 is 4.74 Å². The van der Waals surface area contributed by atoms with E-state index in [1.54, 1.807) is 24.3 Å². The fourth-order valence-corrected chi connectivity index (χ4v) is 3.59. The second kappa shape index (κ2) is 6.88. The molecule has 0 spiro atoms. The van der Waals surface area contributed by atoms with Crippen molar-refractivity contribution in [1.82, 2.24) is 0 Å². The first kappa shape index (κ1) is 16.7. The van der Waals surface area contributed by atoms with E-state index >= 15 is 0 Å². The van der Waals surface area contributed by atoms with Gasteiger partial charge >= 0.3 is 0 Å². The molecule has 0 amide bonds. The molecule has 0 aliphatic rings. The number of carbonyl (C=O) groups is 1. The van der Waals surface area contributed by atoms with E-state index in [2.05, 4.69) is 0 Å². The lowest BCUT2D eigenvalue weighted by atomic mass is 10.1. The third kappa shape index (κ3) is 4.07. The van der Waals surface area contributed by atoms with Crippen molar-refractivity contribution in [3.05, 3.63) is 29.8 Å². The molecule has 2 atom stereocenters. The highest BCUT2D eigenvalue weighted by molar-refractivity contribution is 7.92. The smallest absolute Gasteiger partial charge is 0.180 e. The van der Waals surface area contributed by atoms with Gasteiger partial charge in [0.15, 0.2) is 15.6 Å². The normalized spacial score (nSPS) is 14.6. The van der Waals surface area contributed by atoms with Gasteiger partial charge in [0, 0.05) is 5.56 Å². The predicted molar refractivity (Wildman–Crippen MR) is 80.0 cm³/mol. The van der Waals surface area contributed by atoms with Crippen LogP contribution in [0.5, 0.6) is 5.75 Å². The van der Waals surface area contributed by atoms with Gasteiger partial charge in [0.05, 0.1) is 12.9 Å². The number of Topliss-reactive ketones (excluding diaryl/α,β-unsaturated/α-hetero) is 1. The summed E-state index contributed by atoms with van der Waals surface area (Å²) >= 11 is 0. The highest BCUT2D eigenvalue weighted by Gasteiger charge is 2.29. The van der Waals surface area contributed by atoms with Gasteiger partial charge in [-0.2, -0.15) is 0 Å². The van der Waals surface area contributed by atoms with Crippen LogP contribution in [-0.4, -0.2) is 32.3 Å². The van der Waals surface area contributed by atoms with Gasteiger partial charge in [-0.25, -0.2) is 8.42 Å². The minimum absolute atomic E-state index is 0.0482. The lowest BCUT2D eigenvalue weighted by Gasteiger charge is -2.15. The summed E-state index contributed by atoms with van der Waals surface area (Å²) in [4.78, 5) is 12.2. The Hall–Kier alpha value is -1.36. The first-order valence-corrected chi connectivity index (χ1v) is 8.43. The molecule has 0 N–H and O–H groups in total. The minimum atomic E-state index is -3.42. The maximum Gasteiger partial charge on any atom is 0.180 e. The molecule has 4 nitrogen and oxygen atoms in total. The van der Waals surface area contributed by atoms with Crippen LogP contribution in [0.1, 0.15) is 37.6 Å². The van der Waals surface area contributed by atoms with Crippen LogP contribution in [0.2, 0.25) is 0 Å². The number of hydrogen-bond donors (Lipinski definition) is 0. The maximum absolute atomic E-state index is 12.2. The predicted octanol–water partition coefficient (Wildman–Crippen LogP) is 2.73. The van der Waals surface area contributed by atoms with Gasteiger partial charge in [-0.05, 0) is 37.1 Å². The van der Waals surface area contributed by atoms with Gasteiger partial charge in [-0.15, -0.1) is 0 Å². The van der Waals surface area contributed by atoms with Gasteiger partial charge in [0.1, 0.15) is 11.0 Å². The highest BCUT2D eigenvalue weighted by Crippen LogP contribution is 2.17. The summed E-state index contributed by atoms with van der Waals surface area (Å²) in [5.41, 5.74) is 0.394. The van der Waals surface area contributed by atoms with Crippen molar-refractivity contribution in [1.29, 1.82) is 0 Å². The molecule has 112 valence electrons. The Morgan fingerprint density at radius 3 is 2.20 bits per heavy atom. The first-order chi connectivity index (χ1) is 9.31. The molecule has 0 saturated carbocycles. The Morgan fingerprint density at radius 2 is 1.75 bits per heavy atom. The zero-order chi connectivity index (χ0) is 15.3. The monoisotopic (exact) mass is 298 g/mol. The minimum Gasteiger partial charge on any atom is -0.497 e. The van der Waals surface area contributed by atoms with E-state index in [9.17, 15) is 13.2 Å². The number of rotatable bonds is 7. The molecule has 0 aromatic heterocycles. The molecular formula is C15H22O4S. The lowest BCUT2D eigenvalue weighted by molar-refractivity contribution is 0.0991. The van der Waals surface area contributed by atoms with E-state index in [0.29, 0.717) is 11.3 Å². The second-order valence-electron chi connectivity index (χ2n) is 5.08. The Balaban J connectivity index is 2.89. The van der Waals surface area contributed by atoms with Crippen molar-refractivity contribution >= 4 is 15.6 Å². The fraction of sp³-hybridized carbons (Fsp3) is 0.533. The van der Waals surface area contributed by atoms with Gasteiger partial charge in [0.25, 0.3) is 0 Å². The van der Waals surface area contributed by atoms with E-state index in [0.717, 1.165) is 6.42 Å². The molecule has 0 radical (unpaired) electrons.